The van der Waals surface area contributed by atoms with Crippen LogP contribution >= 0.6 is 23.5 Å². The van der Waals surface area contributed by atoms with Gasteiger partial charge in [0.05, 0.1) is 27.1 Å². The van der Waals surface area contributed by atoms with Crippen LogP contribution in [0.15, 0.2) is 106 Å². The van der Waals surface area contributed by atoms with Crippen LogP contribution in [0.5, 0.6) is 0 Å². The van der Waals surface area contributed by atoms with E-state index in [-0.39, 0.29) is 5.91 Å². The zero-order valence-corrected chi connectivity index (χ0v) is 32.0. The number of carbonyl (C=O) groups excluding carboxylic acids is 1. The summed E-state index contributed by atoms with van der Waals surface area (Å²) in [7, 11) is 0. The summed E-state index contributed by atoms with van der Waals surface area (Å²) in [5.74, 6) is 1.23. The first-order valence-electron chi connectivity index (χ1n) is 18.0. The number of allylic oxidation sites excluding steroid dienone is 3. The Balaban J connectivity index is 0.000000190. The van der Waals surface area contributed by atoms with Gasteiger partial charge in [-0.15, -0.1) is 0 Å². The van der Waals surface area contributed by atoms with Crippen molar-refractivity contribution in [3.8, 4) is 12.1 Å². The summed E-state index contributed by atoms with van der Waals surface area (Å²) in [5.41, 5.74) is 6.49. The average molecular weight is 769 g/mol. The highest BCUT2D eigenvalue weighted by Crippen LogP contribution is 2.35. The van der Waals surface area contributed by atoms with Gasteiger partial charge in [0.25, 0.3) is 0 Å². The van der Waals surface area contributed by atoms with Crippen molar-refractivity contribution in [2.75, 3.05) is 36.8 Å². The summed E-state index contributed by atoms with van der Waals surface area (Å²) in [5, 5.41) is 37.9. The number of rotatable bonds is 13. The Morgan fingerprint density at radius 2 is 1.55 bits per heavy atom. The molecule has 0 aliphatic carbocycles. The van der Waals surface area contributed by atoms with E-state index in [4.69, 9.17) is 0 Å². The SMILES string of the molecule is CCC1=CSC(=C(C#N)c2ccnc(NCCc3cccnc3)n2)N1.N#CC(=C1NC(c2ccccc2)=CS1)c1ccnc(NCCCN2CCCC2=O)n1. The molecule has 3 aliphatic heterocycles. The quantitative estimate of drug-likeness (QED) is 0.0830. The summed E-state index contributed by atoms with van der Waals surface area (Å²) in [4.78, 5) is 35.1. The molecule has 0 saturated carbocycles. The molecule has 55 heavy (non-hydrogen) atoms. The normalized spacial score (nSPS) is 16.3. The molecule has 0 unspecified atom stereocenters. The smallest absolute Gasteiger partial charge is 0.223 e. The zero-order chi connectivity index (χ0) is 38.2. The van der Waals surface area contributed by atoms with Crippen molar-refractivity contribution in [2.24, 2.45) is 0 Å². The van der Waals surface area contributed by atoms with Gasteiger partial charge in [-0.2, -0.15) is 10.5 Å². The molecule has 0 atom stereocenters. The number of hydrogen-bond acceptors (Lipinski definition) is 14. The van der Waals surface area contributed by atoms with Crippen LogP contribution in [-0.2, 0) is 11.2 Å². The summed E-state index contributed by atoms with van der Waals surface area (Å²) >= 11 is 3.00. The van der Waals surface area contributed by atoms with Crippen molar-refractivity contribution in [3.05, 3.63) is 128 Å². The van der Waals surface area contributed by atoms with Gasteiger partial charge in [-0.05, 0) is 60.4 Å². The number of amides is 1. The minimum Gasteiger partial charge on any atom is -0.354 e. The van der Waals surface area contributed by atoms with Crippen LogP contribution < -0.4 is 21.3 Å². The maximum atomic E-state index is 11.7. The second kappa shape index (κ2) is 19.8. The Labute approximate surface area is 329 Å². The Morgan fingerprint density at radius 3 is 2.16 bits per heavy atom. The standard InChI is InChI=1S/C22H22N6OS.C18H18N6S/c23-14-17(21-26-19(15-30-21)16-6-2-1-3-7-16)18-9-11-25-22(27-18)24-10-5-13-28-12-4-8-20(28)29;1-2-14-12-25-17(23-14)15(10-19)16-6-9-22-18(24-16)21-8-5-13-4-3-7-20-11-13/h1-3,6-7,9,11,15,26H,4-5,8,10,12-13H2,(H,24,25,27);3-4,6-7,9,11-12,23H,2,5,8H2,1H3,(H,21,22,24). The Bertz CT molecular complexity index is 2180. The van der Waals surface area contributed by atoms with E-state index in [1.165, 1.54) is 23.5 Å². The molecule has 0 bridgehead atoms. The highest BCUT2D eigenvalue weighted by Gasteiger charge is 2.21. The molecule has 0 spiro atoms. The number of pyridine rings is 1. The lowest BCUT2D eigenvalue weighted by atomic mass is 10.1. The van der Waals surface area contributed by atoms with Gasteiger partial charge in [-0.3, -0.25) is 9.78 Å². The third kappa shape index (κ3) is 10.7. The summed E-state index contributed by atoms with van der Waals surface area (Å²) in [6, 6.07) is 22.0. The van der Waals surface area contributed by atoms with E-state index in [0.717, 1.165) is 71.4 Å². The van der Waals surface area contributed by atoms with Crippen LogP contribution in [0.2, 0.25) is 0 Å². The number of aromatic nitrogens is 5. The highest BCUT2D eigenvalue weighted by molar-refractivity contribution is 8.06. The lowest BCUT2D eigenvalue weighted by Gasteiger charge is -2.15. The fraction of sp³-hybridized carbons (Fsp3) is 0.250. The molecule has 1 saturated heterocycles. The first kappa shape index (κ1) is 38.6. The topological polar surface area (TPSA) is 180 Å². The fourth-order valence-corrected chi connectivity index (χ4v) is 7.51. The summed E-state index contributed by atoms with van der Waals surface area (Å²) < 4.78 is 0. The highest BCUT2D eigenvalue weighted by atomic mass is 32.2. The molecule has 6 heterocycles. The van der Waals surface area contributed by atoms with Crippen molar-refractivity contribution in [1.29, 1.82) is 10.5 Å². The fourth-order valence-electron chi connectivity index (χ4n) is 5.70. The number of nitriles is 2. The molecule has 1 amide bonds. The van der Waals surface area contributed by atoms with Crippen molar-refractivity contribution < 1.29 is 4.79 Å². The van der Waals surface area contributed by atoms with Gasteiger partial charge in [0.15, 0.2) is 0 Å². The first-order valence-corrected chi connectivity index (χ1v) is 19.7. The second-order valence-corrected chi connectivity index (χ2v) is 14.1. The molecule has 7 rings (SSSR count). The van der Waals surface area contributed by atoms with Gasteiger partial charge >= 0.3 is 0 Å². The van der Waals surface area contributed by atoms with E-state index in [2.05, 4.69) is 65.2 Å². The molecule has 1 aromatic carbocycles. The number of nitrogens with one attached hydrogen (secondary N) is 4. The lowest BCUT2D eigenvalue weighted by molar-refractivity contribution is -0.127. The second-order valence-electron chi connectivity index (χ2n) is 12.3. The minimum atomic E-state index is 0.239. The average Bonchev–Trinajstić information content (AvgIpc) is 4.01. The number of hydrogen-bond donors (Lipinski definition) is 4. The summed E-state index contributed by atoms with van der Waals surface area (Å²) in [6.45, 7) is 5.03. The number of benzene rings is 1. The van der Waals surface area contributed by atoms with Crippen LogP contribution in [0.4, 0.5) is 11.9 Å². The van der Waals surface area contributed by atoms with Gasteiger partial charge in [-0.25, -0.2) is 19.9 Å². The van der Waals surface area contributed by atoms with E-state index < -0.39 is 0 Å². The van der Waals surface area contributed by atoms with Crippen LogP contribution in [0, 0.1) is 22.7 Å². The van der Waals surface area contributed by atoms with Gasteiger partial charge in [0.2, 0.25) is 17.8 Å². The molecule has 15 heteroatoms. The van der Waals surface area contributed by atoms with E-state index in [1.54, 1.807) is 30.7 Å². The molecule has 278 valence electrons. The molecule has 0 radical (unpaired) electrons. The number of carbonyl (C=O) groups is 1. The minimum absolute atomic E-state index is 0.239. The molecule has 4 N–H and O–H groups in total. The van der Waals surface area contributed by atoms with Crippen molar-refractivity contribution in [1.82, 2.24) is 40.5 Å². The van der Waals surface area contributed by atoms with Gasteiger partial charge < -0.3 is 26.2 Å². The first-order chi connectivity index (χ1) is 27.0. The zero-order valence-electron chi connectivity index (χ0n) is 30.3. The van der Waals surface area contributed by atoms with Crippen LogP contribution in [0.3, 0.4) is 0 Å². The Morgan fingerprint density at radius 1 is 0.855 bits per heavy atom. The number of likely N-dealkylation sites (tertiary alicyclic amines) is 1. The number of thioether (sulfide) groups is 2. The van der Waals surface area contributed by atoms with Crippen molar-refractivity contribution in [2.45, 2.75) is 39.0 Å². The molecule has 13 nitrogen and oxygen atoms in total. The van der Waals surface area contributed by atoms with Gasteiger partial charge in [0.1, 0.15) is 23.3 Å². The predicted molar refractivity (Wildman–Crippen MR) is 219 cm³/mol. The van der Waals surface area contributed by atoms with E-state index in [1.807, 2.05) is 64.4 Å². The van der Waals surface area contributed by atoms with Gasteiger partial charge in [-0.1, -0.05) is 66.8 Å². The lowest BCUT2D eigenvalue weighted by Crippen LogP contribution is -2.27. The molecule has 3 aliphatic rings. The number of anilines is 2. The molecule has 1 fully saturated rings. The van der Waals surface area contributed by atoms with E-state index >= 15 is 0 Å². The largest absolute Gasteiger partial charge is 0.354 e. The van der Waals surface area contributed by atoms with E-state index in [0.29, 0.717) is 53.9 Å². The third-order valence-corrected chi connectivity index (χ3v) is 10.4. The maximum Gasteiger partial charge on any atom is 0.223 e. The summed E-state index contributed by atoms with van der Waals surface area (Å²) in [6.07, 6.45) is 11.1. The number of nitrogens with zero attached hydrogens (tertiary/aromatic N) is 8. The van der Waals surface area contributed by atoms with Crippen molar-refractivity contribution in [3.63, 3.8) is 0 Å². The molecular formula is C40H40N12OS2. The van der Waals surface area contributed by atoms with Crippen LogP contribution in [0.25, 0.3) is 16.8 Å². The van der Waals surface area contributed by atoms with Crippen LogP contribution in [-0.4, -0.2) is 61.9 Å². The molecular weight excluding hydrogens is 729 g/mol. The Hall–Kier alpha value is -6.16. The molecule has 4 aromatic rings. The molecule has 3 aromatic heterocycles. The predicted octanol–water partition coefficient (Wildman–Crippen LogP) is 6.73. The van der Waals surface area contributed by atoms with Crippen LogP contribution in [0.1, 0.15) is 55.1 Å². The third-order valence-electron chi connectivity index (χ3n) is 8.58. The van der Waals surface area contributed by atoms with E-state index in [9.17, 15) is 15.3 Å². The van der Waals surface area contributed by atoms with Crippen molar-refractivity contribution >= 4 is 58.2 Å². The monoisotopic (exact) mass is 768 g/mol. The maximum absolute atomic E-state index is 11.7. The Kier molecular flexibility index (Phi) is 13.9. The van der Waals surface area contributed by atoms with Gasteiger partial charge in [0, 0.05) is 68.5 Å².